The van der Waals surface area contributed by atoms with Gasteiger partial charge < -0.3 is 50.1 Å². The molecule has 0 spiro atoms. The fourth-order valence-corrected chi connectivity index (χ4v) is 3.69. The fourth-order valence-electron chi connectivity index (χ4n) is 3.69. The van der Waals surface area contributed by atoms with Crippen molar-refractivity contribution in [2.45, 2.75) is 55.2 Å². The van der Waals surface area contributed by atoms with Crippen molar-refractivity contribution < 1.29 is 50.1 Å². The van der Waals surface area contributed by atoms with Gasteiger partial charge in [-0.05, 0) is 0 Å². The van der Waals surface area contributed by atoms with Crippen LogP contribution in [0, 0.1) is 5.41 Å². The summed E-state index contributed by atoms with van der Waals surface area (Å²) in [7, 11) is 0. The molecular weight excluding hydrogens is 422 g/mol. The van der Waals surface area contributed by atoms with Crippen LogP contribution >= 0.6 is 0 Å². The predicted octanol–water partition coefficient (Wildman–Crippen LogP) is -4.61. The minimum absolute atomic E-state index is 0.0159. The van der Waals surface area contributed by atoms with Crippen LogP contribution in [0.4, 0.5) is 0 Å². The maximum atomic E-state index is 10.6. The molecule has 0 aromatic carbocycles. The van der Waals surface area contributed by atoms with Crippen molar-refractivity contribution in [2.24, 2.45) is 0 Å². The molecule has 2 saturated heterocycles. The molecule has 4 heterocycles. The highest BCUT2D eigenvalue weighted by Crippen LogP contribution is 2.35. The molecule has 2 aromatic rings. The molecule has 2 aliphatic rings. The van der Waals surface area contributed by atoms with Gasteiger partial charge in [-0.1, -0.05) is 0 Å². The summed E-state index contributed by atoms with van der Waals surface area (Å²) in [5, 5.41) is 77.1. The third-order valence-electron chi connectivity index (χ3n) is 5.42. The molecule has 15 heteroatoms. The van der Waals surface area contributed by atoms with Gasteiger partial charge in [0.2, 0.25) is 0 Å². The number of rotatable bonds is 5. The molecule has 9 atom stereocenters. The van der Waals surface area contributed by atoms with Crippen LogP contribution < -0.4 is 5.49 Å². The van der Waals surface area contributed by atoms with Crippen LogP contribution in [0.2, 0.25) is 0 Å². The number of fused-ring (bicyclic) bond motifs is 1. The lowest BCUT2D eigenvalue weighted by Crippen LogP contribution is -2.60. The Morgan fingerprint density at radius 2 is 1.61 bits per heavy atom. The largest absolute Gasteiger partial charge is 0.425 e. The molecule has 2 fully saturated rings. The van der Waals surface area contributed by atoms with Crippen molar-refractivity contribution in [2.75, 3.05) is 13.2 Å². The summed E-state index contributed by atoms with van der Waals surface area (Å²) in [6, 6.07) is 0. The Hall–Kier alpha value is -2.21. The number of hydrogen-bond acceptors (Lipinski definition) is 13. The minimum atomic E-state index is -1.72. The number of aromatic nitrogens is 4. The second kappa shape index (κ2) is 8.38. The third kappa shape index (κ3) is 3.59. The lowest BCUT2D eigenvalue weighted by atomic mass is 9.99. The lowest BCUT2D eigenvalue weighted by molar-refractivity contribution is -0.320. The molecule has 8 N–H and O–H groups in total. The highest BCUT2D eigenvalue weighted by atomic mass is 16.7. The van der Waals surface area contributed by atoms with E-state index in [-0.39, 0.29) is 16.7 Å². The lowest BCUT2D eigenvalue weighted by Gasteiger charge is -2.41. The van der Waals surface area contributed by atoms with E-state index in [9.17, 15) is 35.8 Å². The summed E-state index contributed by atoms with van der Waals surface area (Å²) in [5.41, 5.74) is -0.233. The number of nitrogens with one attached hydrogen (secondary N) is 1. The number of ether oxygens (including phenoxy) is 3. The topological polar surface area (TPSA) is 229 Å². The van der Waals surface area contributed by atoms with Crippen LogP contribution in [0.3, 0.4) is 0 Å². The Bertz CT molecular complexity index is 981. The van der Waals surface area contributed by atoms with Gasteiger partial charge in [-0.25, -0.2) is 9.97 Å². The van der Waals surface area contributed by atoms with Crippen molar-refractivity contribution >= 4 is 11.2 Å². The Kier molecular flexibility index (Phi) is 5.95. The van der Waals surface area contributed by atoms with E-state index < -0.39 is 68.5 Å². The number of aliphatic hydroxyl groups excluding tert-OH is 6. The van der Waals surface area contributed by atoms with Gasteiger partial charge in [0.15, 0.2) is 29.2 Å². The third-order valence-corrected chi connectivity index (χ3v) is 5.42. The summed E-state index contributed by atoms with van der Waals surface area (Å²) >= 11 is 0. The van der Waals surface area contributed by atoms with Gasteiger partial charge in [0.05, 0.1) is 19.5 Å². The number of aliphatic hydroxyl groups is 6. The molecule has 0 saturated carbocycles. The second-order valence-corrected chi connectivity index (χ2v) is 7.30. The zero-order valence-corrected chi connectivity index (χ0v) is 15.9. The van der Waals surface area contributed by atoms with E-state index in [2.05, 4.69) is 9.97 Å². The number of hydrogen-bond donors (Lipinski definition) is 8. The minimum Gasteiger partial charge on any atom is -0.425 e. The van der Waals surface area contributed by atoms with Crippen LogP contribution in [0.25, 0.3) is 11.2 Å². The van der Waals surface area contributed by atoms with Crippen molar-refractivity contribution in [3.63, 3.8) is 0 Å². The number of nitrogens with zero attached hydrogens (tertiary/aromatic N) is 4. The Morgan fingerprint density at radius 1 is 0.935 bits per heavy atom. The summed E-state index contributed by atoms with van der Waals surface area (Å²) in [5.74, 6) is 0. The van der Waals surface area contributed by atoms with Crippen LogP contribution in [0.1, 0.15) is 6.23 Å². The van der Waals surface area contributed by atoms with Gasteiger partial charge in [0.1, 0.15) is 49.1 Å². The van der Waals surface area contributed by atoms with Crippen LogP contribution in [0.5, 0.6) is 0 Å². The SMILES string of the molecule is N=c1c2ncn([C@@H]3O[C@H](CO)[C@@H](O)[C@H]3O[C@@H]3O[C@H](CO)[C@@H](O)[C@H](O)[C@H]3O)c2ncn1O. The van der Waals surface area contributed by atoms with Crippen molar-refractivity contribution in [3.05, 3.63) is 18.1 Å². The van der Waals surface area contributed by atoms with Crippen molar-refractivity contribution in [1.29, 1.82) is 5.41 Å². The first kappa shape index (κ1) is 22.0. The van der Waals surface area contributed by atoms with E-state index in [4.69, 9.17) is 19.6 Å². The van der Waals surface area contributed by atoms with E-state index in [1.807, 2.05) is 0 Å². The van der Waals surface area contributed by atoms with E-state index in [0.717, 1.165) is 6.33 Å². The maximum absolute atomic E-state index is 10.6. The van der Waals surface area contributed by atoms with Gasteiger partial charge in [-0.3, -0.25) is 9.98 Å². The monoisotopic (exact) mass is 445 g/mol. The Labute approximate surface area is 173 Å². The summed E-state index contributed by atoms with van der Waals surface area (Å²) in [6.07, 6.45) is -10.5. The highest BCUT2D eigenvalue weighted by molar-refractivity contribution is 5.68. The molecule has 0 unspecified atom stereocenters. The molecule has 2 aromatic heterocycles. The Balaban J connectivity index is 1.67. The summed E-state index contributed by atoms with van der Waals surface area (Å²) in [4.78, 5) is 8.00. The Morgan fingerprint density at radius 3 is 2.29 bits per heavy atom. The smallest absolute Gasteiger partial charge is 0.192 e. The van der Waals surface area contributed by atoms with Crippen LogP contribution in [0.15, 0.2) is 12.7 Å². The van der Waals surface area contributed by atoms with E-state index in [0.29, 0.717) is 4.73 Å². The van der Waals surface area contributed by atoms with Crippen LogP contribution in [-0.2, 0) is 14.2 Å². The van der Waals surface area contributed by atoms with Crippen LogP contribution in [-0.4, -0.2) is 117 Å². The van der Waals surface area contributed by atoms with Gasteiger partial charge in [-0.2, -0.15) is 4.73 Å². The second-order valence-electron chi connectivity index (χ2n) is 7.30. The summed E-state index contributed by atoms with van der Waals surface area (Å²) in [6.45, 7) is -1.24. The predicted molar refractivity (Wildman–Crippen MR) is 94.2 cm³/mol. The molecule has 0 aliphatic carbocycles. The molecular formula is C16H23N5O10. The standard InChI is InChI=1S/C16H23N5O10/c17-13-7-14(19-4-21(13)28)20(3-18-7)15-12(9(25)6(2-23)29-15)31-16-11(27)10(26)8(24)5(1-22)30-16/h3-6,8-12,15-17,22-28H,1-2H2/t5-,6-,8-,9-,10+,11-,12-,15-,16+/m1/s1. The quantitative estimate of drug-likeness (QED) is 0.203. The summed E-state index contributed by atoms with van der Waals surface area (Å²) < 4.78 is 18.4. The van der Waals surface area contributed by atoms with Gasteiger partial charge in [-0.15, -0.1) is 0 Å². The molecule has 15 nitrogen and oxygen atoms in total. The maximum Gasteiger partial charge on any atom is 0.192 e. The van der Waals surface area contributed by atoms with Gasteiger partial charge in [0, 0.05) is 0 Å². The molecule has 2 aliphatic heterocycles. The van der Waals surface area contributed by atoms with Crippen molar-refractivity contribution in [3.8, 4) is 0 Å². The molecule has 0 bridgehead atoms. The average molecular weight is 445 g/mol. The first-order valence-electron chi connectivity index (χ1n) is 9.36. The normalized spacial score (nSPS) is 38.7. The first-order chi connectivity index (χ1) is 14.8. The number of imidazole rings is 1. The zero-order chi connectivity index (χ0) is 22.4. The molecule has 0 radical (unpaired) electrons. The molecule has 4 rings (SSSR count). The zero-order valence-electron chi connectivity index (χ0n) is 15.9. The van der Waals surface area contributed by atoms with E-state index in [1.165, 1.54) is 10.9 Å². The molecule has 0 amide bonds. The van der Waals surface area contributed by atoms with Crippen molar-refractivity contribution in [1.82, 2.24) is 19.3 Å². The van der Waals surface area contributed by atoms with Gasteiger partial charge >= 0.3 is 0 Å². The highest BCUT2D eigenvalue weighted by Gasteiger charge is 2.51. The van der Waals surface area contributed by atoms with Gasteiger partial charge in [0.25, 0.3) is 0 Å². The first-order valence-corrected chi connectivity index (χ1v) is 9.36. The average Bonchev–Trinajstić information content (AvgIpc) is 3.32. The fraction of sp³-hybridized carbons (Fsp3) is 0.688. The molecule has 172 valence electrons. The van der Waals surface area contributed by atoms with E-state index >= 15 is 0 Å². The van der Waals surface area contributed by atoms with E-state index in [1.54, 1.807) is 0 Å². The molecule has 31 heavy (non-hydrogen) atoms.